The molecule has 1 saturated carbocycles. The number of fused-ring (bicyclic) bond motifs is 1. The van der Waals surface area contributed by atoms with Crippen molar-refractivity contribution >= 4 is 40.1 Å². The maximum absolute atomic E-state index is 11.2. The monoisotopic (exact) mass is 270 g/mol. The average Bonchev–Trinajstić information content (AvgIpc) is 3.03. The summed E-state index contributed by atoms with van der Waals surface area (Å²) in [6.07, 6.45) is 1.94. The van der Waals surface area contributed by atoms with Gasteiger partial charge in [0.1, 0.15) is 0 Å². The molecule has 0 bridgehead atoms. The molecule has 1 N–H and O–H groups in total. The van der Waals surface area contributed by atoms with Crippen LogP contribution in [0.1, 0.15) is 34.9 Å². The van der Waals surface area contributed by atoms with E-state index in [1.165, 1.54) is 0 Å². The molecule has 17 heavy (non-hydrogen) atoms. The highest BCUT2D eigenvalue weighted by molar-refractivity contribution is 6.40. The van der Waals surface area contributed by atoms with Gasteiger partial charge in [-0.2, -0.15) is 0 Å². The van der Waals surface area contributed by atoms with Crippen molar-refractivity contribution in [2.75, 3.05) is 0 Å². The van der Waals surface area contributed by atoms with Crippen LogP contribution < -0.4 is 0 Å². The van der Waals surface area contributed by atoms with E-state index in [9.17, 15) is 4.79 Å². The van der Waals surface area contributed by atoms with E-state index < -0.39 is 5.97 Å². The van der Waals surface area contributed by atoms with E-state index in [2.05, 4.69) is 0 Å². The largest absolute Gasteiger partial charge is 0.475 e. The smallest absolute Gasteiger partial charge is 0.372 e. The van der Waals surface area contributed by atoms with Gasteiger partial charge in [0.05, 0.1) is 10.0 Å². The number of carboxylic acid groups (broad SMARTS) is 1. The maximum Gasteiger partial charge on any atom is 0.372 e. The second kappa shape index (κ2) is 3.65. The van der Waals surface area contributed by atoms with Crippen LogP contribution in [0, 0.1) is 0 Å². The lowest BCUT2D eigenvalue weighted by atomic mass is 10.1. The van der Waals surface area contributed by atoms with Crippen LogP contribution in [0.5, 0.6) is 0 Å². The van der Waals surface area contributed by atoms with Gasteiger partial charge in [-0.1, -0.05) is 23.2 Å². The summed E-state index contributed by atoms with van der Waals surface area (Å²) in [7, 11) is 0. The van der Waals surface area contributed by atoms with E-state index in [0.717, 1.165) is 12.8 Å². The highest BCUT2D eigenvalue weighted by Gasteiger charge is 2.34. The molecule has 0 spiro atoms. The fourth-order valence-corrected chi connectivity index (χ4v) is 2.52. The Labute approximate surface area is 107 Å². The van der Waals surface area contributed by atoms with E-state index in [0.29, 0.717) is 26.6 Å². The highest BCUT2D eigenvalue weighted by Crippen LogP contribution is 2.48. The first-order valence-corrected chi connectivity index (χ1v) is 5.99. The standard InChI is InChI=1S/C12H8Cl2O3/c13-6-3-4-7(14)10-9(6)8(5-1-2-5)11(17-10)12(15)16/h3-5H,1-2H2,(H,15,16). The zero-order chi connectivity index (χ0) is 12.2. The van der Waals surface area contributed by atoms with Crippen LogP contribution in [0.25, 0.3) is 11.0 Å². The van der Waals surface area contributed by atoms with Crippen LogP contribution >= 0.6 is 23.2 Å². The second-order valence-electron chi connectivity index (χ2n) is 4.16. The summed E-state index contributed by atoms with van der Waals surface area (Å²) in [5.41, 5.74) is 1.07. The van der Waals surface area contributed by atoms with Crippen molar-refractivity contribution in [1.29, 1.82) is 0 Å². The van der Waals surface area contributed by atoms with Gasteiger partial charge < -0.3 is 9.52 Å². The van der Waals surface area contributed by atoms with E-state index in [4.69, 9.17) is 32.7 Å². The molecule has 1 aromatic carbocycles. The first-order valence-electron chi connectivity index (χ1n) is 5.23. The second-order valence-corrected chi connectivity index (χ2v) is 4.97. The van der Waals surface area contributed by atoms with E-state index in [1.54, 1.807) is 12.1 Å². The van der Waals surface area contributed by atoms with Gasteiger partial charge in [-0.05, 0) is 30.9 Å². The summed E-state index contributed by atoms with van der Waals surface area (Å²) in [6, 6.07) is 3.28. The Morgan fingerprint density at radius 1 is 1.29 bits per heavy atom. The molecule has 0 amide bonds. The normalized spacial score (nSPS) is 15.4. The predicted molar refractivity (Wildman–Crippen MR) is 65.2 cm³/mol. The fourth-order valence-electron chi connectivity index (χ4n) is 2.07. The summed E-state index contributed by atoms with van der Waals surface area (Å²) in [6.45, 7) is 0. The minimum Gasteiger partial charge on any atom is -0.475 e. The Kier molecular flexibility index (Phi) is 2.35. The molecule has 5 heteroatoms. The lowest BCUT2D eigenvalue weighted by Gasteiger charge is -1.98. The van der Waals surface area contributed by atoms with E-state index >= 15 is 0 Å². The van der Waals surface area contributed by atoms with Crippen LogP contribution in [0.4, 0.5) is 0 Å². The topological polar surface area (TPSA) is 50.4 Å². The van der Waals surface area contributed by atoms with Crippen molar-refractivity contribution in [2.24, 2.45) is 0 Å². The first kappa shape index (κ1) is 10.9. The van der Waals surface area contributed by atoms with Crippen molar-refractivity contribution in [2.45, 2.75) is 18.8 Å². The molecule has 2 aromatic rings. The molecule has 88 valence electrons. The SMILES string of the molecule is O=C(O)c1oc2c(Cl)ccc(Cl)c2c1C1CC1. The van der Waals surface area contributed by atoms with Crippen LogP contribution in [0.3, 0.4) is 0 Å². The Morgan fingerprint density at radius 2 is 1.94 bits per heavy atom. The maximum atomic E-state index is 11.2. The van der Waals surface area contributed by atoms with Crippen LogP contribution in [0.15, 0.2) is 16.5 Å². The predicted octanol–water partition coefficient (Wildman–Crippen LogP) is 4.32. The molecule has 1 fully saturated rings. The van der Waals surface area contributed by atoms with Crippen molar-refractivity contribution in [3.8, 4) is 0 Å². The zero-order valence-electron chi connectivity index (χ0n) is 8.67. The number of carboxylic acids is 1. The third kappa shape index (κ3) is 1.61. The summed E-state index contributed by atoms with van der Waals surface area (Å²) in [5.74, 6) is -0.869. The molecule has 0 atom stereocenters. The lowest BCUT2D eigenvalue weighted by molar-refractivity contribution is 0.0663. The Hall–Kier alpha value is -1.19. The first-order chi connectivity index (χ1) is 8.09. The van der Waals surface area contributed by atoms with Gasteiger partial charge in [0.2, 0.25) is 5.76 Å². The number of hydrogen-bond donors (Lipinski definition) is 1. The molecule has 0 aliphatic heterocycles. The van der Waals surface area contributed by atoms with E-state index in [-0.39, 0.29) is 11.7 Å². The number of aromatic carboxylic acids is 1. The number of benzene rings is 1. The quantitative estimate of drug-likeness (QED) is 0.885. The van der Waals surface area contributed by atoms with Gasteiger partial charge in [0.15, 0.2) is 5.58 Å². The Morgan fingerprint density at radius 3 is 2.53 bits per heavy atom. The van der Waals surface area contributed by atoms with Gasteiger partial charge in [-0.25, -0.2) is 4.79 Å². The number of halogens is 2. The van der Waals surface area contributed by atoms with Crippen LogP contribution in [-0.2, 0) is 0 Å². The summed E-state index contributed by atoms with van der Waals surface area (Å²) < 4.78 is 5.36. The molecule has 3 rings (SSSR count). The van der Waals surface area contributed by atoms with Crippen molar-refractivity contribution in [3.63, 3.8) is 0 Å². The molecule has 1 heterocycles. The lowest BCUT2D eigenvalue weighted by Crippen LogP contribution is -1.97. The molecule has 1 aliphatic rings. The Bertz CT molecular complexity index is 626. The number of carbonyl (C=O) groups is 1. The molecule has 1 aromatic heterocycles. The zero-order valence-corrected chi connectivity index (χ0v) is 10.2. The minimum absolute atomic E-state index is 0.0301. The third-order valence-corrected chi connectivity index (χ3v) is 3.57. The van der Waals surface area contributed by atoms with Gasteiger partial charge in [0, 0.05) is 10.9 Å². The molecule has 1 aliphatic carbocycles. The Balaban J connectivity index is 2.42. The van der Waals surface area contributed by atoms with Crippen molar-refractivity contribution in [1.82, 2.24) is 0 Å². The summed E-state index contributed by atoms with van der Waals surface area (Å²) >= 11 is 12.1. The minimum atomic E-state index is -1.07. The molecule has 0 unspecified atom stereocenters. The average molecular weight is 271 g/mol. The third-order valence-electron chi connectivity index (χ3n) is 2.96. The molecule has 0 radical (unpaired) electrons. The molecule has 3 nitrogen and oxygen atoms in total. The van der Waals surface area contributed by atoms with Crippen molar-refractivity contribution in [3.05, 3.63) is 33.5 Å². The van der Waals surface area contributed by atoms with Gasteiger partial charge in [-0.3, -0.25) is 0 Å². The summed E-state index contributed by atoms with van der Waals surface area (Å²) in [5, 5.41) is 10.7. The van der Waals surface area contributed by atoms with E-state index in [1.807, 2.05) is 0 Å². The number of furan rings is 1. The van der Waals surface area contributed by atoms with Crippen LogP contribution in [0.2, 0.25) is 10.0 Å². The summed E-state index contributed by atoms with van der Waals surface area (Å²) in [4.78, 5) is 11.2. The van der Waals surface area contributed by atoms with Crippen molar-refractivity contribution < 1.29 is 14.3 Å². The highest BCUT2D eigenvalue weighted by atomic mass is 35.5. The fraction of sp³-hybridized carbons (Fsp3) is 0.250. The molecular formula is C12H8Cl2O3. The van der Waals surface area contributed by atoms with Crippen LogP contribution in [-0.4, -0.2) is 11.1 Å². The van der Waals surface area contributed by atoms with Gasteiger partial charge >= 0.3 is 5.97 Å². The number of rotatable bonds is 2. The molecular weight excluding hydrogens is 263 g/mol. The number of hydrogen-bond acceptors (Lipinski definition) is 2. The molecule has 0 saturated heterocycles. The van der Waals surface area contributed by atoms with Gasteiger partial charge in [0.25, 0.3) is 0 Å². The van der Waals surface area contributed by atoms with Gasteiger partial charge in [-0.15, -0.1) is 0 Å².